The summed E-state index contributed by atoms with van der Waals surface area (Å²) in [6, 6.07) is 20.8. The van der Waals surface area contributed by atoms with Crippen molar-refractivity contribution in [2.24, 2.45) is 0 Å². The minimum absolute atomic E-state index is 0.399. The van der Waals surface area contributed by atoms with E-state index in [0.29, 0.717) is 35.5 Å². The minimum Gasteiger partial charge on any atom is -0.486 e. The van der Waals surface area contributed by atoms with Gasteiger partial charge in [0.1, 0.15) is 6.61 Å². The SMILES string of the molecule is C=CCOc1ccccc1Oc1ccc2nnc(-c3ccccc3)n2n1. The van der Waals surface area contributed by atoms with Crippen LogP contribution in [-0.4, -0.2) is 26.4 Å². The molecule has 2 heterocycles. The standard InChI is InChI=1S/C20H16N4O2/c1-2-14-25-16-10-6-7-11-17(16)26-19-13-12-18-21-22-20(24(18)23-19)15-8-4-3-5-9-15/h2-13H,1,14H2. The lowest BCUT2D eigenvalue weighted by molar-refractivity contribution is 0.336. The van der Waals surface area contributed by atoms with Crippen LogP contribution in [0.1, 0.15) is 0 Å². The van der Waals surface area contributed by atoms with Gasteiger partial charge in [-0.2, -0.15) is 4.52 Å². The monoisotopic (exact) mass is 344 g/mol. The lowest BCUT2D eigenvalue weighted by atomic mass is 10.2. The molecule has 0 amide bonds. The molecule has 0 fully saturated rings. The number of para-hydroxylation sites is 2. The summed E-state index contributed by atoms with van der Waals surface area (Å²) in [4.78, 5) is 0. The number of benzene rings is 2. The average molecular weight is 344 g/mol. The van der Waals surface area contributed by atoms with Gasteiger partial charge in [-0.3, -0.25) is 0 Å². The van der Waals surface area contributed by atoms with Gasteiger partial charge in [0, 0.05) is 11.6 Å². The first-order chi connectivity index (χ1) is 12.8. The highest BCUT2D eigenvalue weighted by Crippen LogP contribution is 2.30. The molecule has 6 heteroatoms. The molecule has 6 nitrogen and oxygen atoms in total. The molecule has 0 N–H and O–H groups in total. The summed E-state index contributed by atoms with van der Waals surface area (Å²) in [5, 5.41) is 12.9. The molecule has 4 rings (SSSR count). The fraction of sp³-hybridized carbons (Fsp3) is 0.0500. The van der Waals surface area contributed by atoms with E-state index in [-0.39, 0.29) is 0 Å². The lowest BCUT2D eigenvalue weighted by Gasteiger charge is -2.10. The molecule has 0 unspecified atom stereocenters. The van der Waals surface area contributed by atoms with Crippen molar-refractivity contribution in [1.29, 1.82) is 0 Å². The Balaban J connectivity index is 1.69. The van der Waals surface area contributed by atoms with Crippen molar-refractivity contribution < 1.29 is 9.47 Å². The van der Waals surface area contributed by atoms with E-state index in [9.17, 15) is 0 Å². The summed E-state index contributed by atoms with van der Waals surface area (Å²) >= 11 is 0. The number of fused-ring (bicyclic) bond motifs is 1. The van der Waals surface area contributed by atoms with Crippen molar-refractivity contribution in [3.63, 3.8) is 0 Å². The van der Waals surface area contributed by atoms with E-state index >= 15 is 0 Å². The first-order valence-electron chi connectivity index (χ1n) is 8.13. The van der Waals surface area contributed by atoms with Crippen LogP contribution in [0, 0.1) is 0 Å². The number of rotatable bonds is 6. The molecule has 0 aliphatic heterocycles. The summed E-state index contributed by atoms with van der Waals surface area (Å²) in [7, 11) is 0. The molecule has 0 radical (unpaired) electrons. The number of aromatic nitrogens is 4. The Hall–Kier alpha value is -3.67. The van der Waals surface area contributed by atoms with Gasteiger partial charge in [0.05, 0.1) is 0 Å². The van der Waals surface area contributed by atoms with Crippen LogP contribution >= 0.6 is 0 Å². The highest BCUT2D eigenvalue weighted by Gasteiger charge is 2.12. The molecule has 0 saturated carbocycles. The van der Waals surface area contributed by atoms with Crippen LogP contribution in [0.4, 0.5) is 0 Å². The Labute approximate surface area is 150 Å². The van der Waals surface area contributed by atoms with Gasteiger partial charge >= 0.3 is 0 Å². The first kappa shape index (κ1) is 15.8. The minimum atomic E-state index is 0.399. The molecular formula is C20H16N4O2. The largest absolute Gasteiger partial charge is 0.486 e. The summed E-state index contributed by atoms with van der Waals surface area (Å²) < 4.78 is 13.2. The van der Waals surface area contributed by atoms with Gasteiger partial charge in [0.15, 0.2) is 23.0 Å². The third-order valence-electron chi connectivity index (χ3n) is 3.69. The third-order valence-corrected chi connectivity index (χ3v) is 3.69. The summed E-state index contributed by atoms with van der Waals surface area (Å²) in [6.45, 7) is 4.06. The fourth-order valence-corrected chi connectivity index (χ4v) is 2.51. The Morgan fingerprint density at radius 1 is 0.885 bits per heavy atom. The van der Waals surface area contributed by atoms with Crippen molar-refractivity contribution in [3.05, 3.63) is 79.4 Å². The maximum absolute atomic E-state index is 5.93. The van der Waals surface area contributed by atoms with Crippen LogP contribution in [0.25, 0.3) is 17.0 Å². The van der Waals surface area contributed by atoms with Crippen molar-refractivity contribution >= 4 is 5.65 Å². The van der Waals surface area contributed by atoms with Crippen molar-refractivity contribution in [2.45, 2.75) is 0 Å². The summed E-state index contributed by atoms with van der Waals surface area (Å²) in [6.07, 6.45) is 1.68. The first-order valence-corrected chi connectivity index (χ1v) is 8.13. The molecular weight excluding hydrogens is 328 g/mol. The molecule has 128 valence electrons. The highest BCUT2D eigenvalue weighted by molar-refractivity contribution is 5.58. The van der Waals surface area contributed by atoms with E-state index in [1.165, 1.54) is 0 Å². The Bertz CT molecular complexity index is 1040. The van der Waals surface area contributed by atoms with Crippen molar-refractivity contribution in [1.82, 2.24) is 19.8 Å². The zero-order valence-corrected chi connectivity index (χ0v) is 13.9. The van der Waals surface area contributed by atoms with E-state index in [4.69, 9.17) is 9.47 Å². The van der Waals surface area contributed by atoms with Gasteiger partial charge in [-0.1, -0.05) is 55.1 Å². The number of nitrogens with zero attached hydrogens (tertiary/aromatic N) is 4. The molecule has 2 aromatic heterocycles. The Kier molecular flexibility index (Phi) is 4.30. The Morgan fingerprint density at radius 3 is 2.46 bits per heavy atom. The number of hydrogen-bond donors (Lipinski definition) is 0. The summed E-state index contributed by atoms with van der Waals surface area (Å²) in [5.41, 5.74) is 1.58. The normalized spacial score (nSPS) is 10.6. The van der Waals surface area contributed by atoms with E-state index in [1.54, 1.807) is 16.7 Å². The molecule has 0 saturated heterocycles. The van der Waals surface area contributed by atoms with Crippen LogP contribution in [0.2, 0.25) is 0 Å². The highest BCUT2D eigenvalue weighted by atomic mass is 16.5. The molecule has 26 heavy (non-hydrogen) atoms. The molecule has 4 aromatic rings. The smallest absolute Gasteiger partial charge is 0.237 e. The van der Waals surface area contributed by atoms with Gasteiger partial charge in [-0.15, -0.1) is 15.3 Å². The van der Waals surface area contributed by atoms with Gasteiger partial charge in [0.25, 0.3) is 0 Å². The second kappa shape index (κ2) is 7.06. The predicted molar refractivity (Wildman–Crippen MR) is 98.4 cm³/mol. The molecule has 2 aromatic carbocycles. The maximum atomic E-state index is 5.93. The van der Waals surface area contributed by atoms with Gasteiger partial charge in [-0.05, 0) is 18.2 Å². The van der Waals surface area contributed by atoms with Crippen LogP contribution in [-0.2, 0) is 0 Å². The third kappa shape index (κ3) is 3.12. The predicted octanol–water partition coefficient (Wildman–Crippen LogP) is 4.15. The molecule has 0 atom stereocenters. The Morgan fingerprint density at radius 2 is 1.65 bits per heavy atom. The van der Waals surface area contributed by atoms with Gasteiger partial charge in [-0.25, -0.2) is 0 Å². The fourth-order valence-electron chi connectivity index (χ4n) is 2.51. The lowest BCUT2D eigenvalue weighted by Crippen LogP contribution is -1.99. The zero-order chi connectivity index (χ0) is 17.8. The van der Waals surface area contributed by atoms with Gasteiger partial charge in [0.2, 0.25) is 5.88 Å². The van der Waals surface area contributed by atoms with Crippen molar-refractivity contribution in [3.8, 4) is 28.8 Å². The van der Waals surface area contributed by atoms with Crippen LogP contribution in [0.3, 0.4) is 0 Å². The molecule has 0 aliphatic rings. The van der Waals surface area contributed by atoms with Gasteiger partial charge < -0.3 is 9.47 Å². The summed E-state index contributed by atoms with van der Waals surface area (Å²) in [5.74, 6) is 2.28. The van der Waals surface area contributed by atoms with Crippen LogP contribution in [0.15, 0.2) is 79.4 Å². The van der Waals surface area contributed by atoms with Crippen molar-refractivity contribution in [2.75, 3.05) is 6.61 Å². The van der Waals surface area contributed by atoms with E-state index in [2.05, 4.69) is 21.9 Å². The second-order valence-electron chi connectivity index (χ2n) is 5.48. The zero-order valence-electron chi connectivity index (χ0n) is 13.9. The quantitative estimate of drug-likeness (QED) is 0.492. The van der Waals surface area contributed by atoms with E-state index in [0.717, 1.165) is 5.56 Å². The van der Waals surface area contributed by atoms with Crippen LogP contribution in [0.5, 0.6) is 17.4 Å². The maximum Gasteiger partial charge on any atom is 0.237 e. The number of ether oxygens (including phenoxy) is 2. The number of hydrogen-bond acceptors (Lipinski definition) is 5. The molecule has 0 bridgehead atoms. The molecule has 0 spiro atoms. The second-order valence-corrected chi connectivity index (χ2v) is 5.48. The van der Waals surface area contributed by atoms with Crippen LogP contribution < -0.4 is 9.47 Å². The van der Waals surface area contributed by atoms with E-state index < -0.39 is 0 Å². The van der Waals surface area contributed by atoms with E-state index in [1.807, 2.05) is 60.7 Å². The average Bonchev–Trinajstić information content (AvgIpc) is 3.11. The molecule has 0 aliphatic carbocycles. The topological polar surface area (TPSA) is 61.5 Å².